The molecular weight excluding hydrogens is 206 g/mol. The Morgan fingerprint density at radius 1 is 1.69 bits per heavy atom. The first-order valence-corrected chi connectivity index (χ1v) is 5.87. The number of methoxy groups -OCH3 is 1. The number of rotatable bonds is 6. The fourth-order valence-corrected chi connectivity index (χ4v) is 1.99. The molecule has 1 amide bonds. The van der Waals surface area contributed by atoms with Gasteiger partial charge in [0.15, 0.2) is 0 Å². The maximum Gasteiger partial charge on any atom is 0.234 e. The van der Waals surface area contributed by atoms with Gasteiger partial charge < -0.3 is 15.8 Å². The van der Waals surface area contributed by atoms with Gasteiger partial charge in [0.25, 0.3) is 0 Å². The average molecular weight is 229 g/mol. The summed E-state index contributed by atoms with van der Waals surface area (Å²) in [7, 11) is 1.62. The molecule has 0 aromatic carbocycles. The van der Waals surface area contributed by atoms with Gasteiger partial charge in [0.2, 0.25) is 5.91 Å². The third-order valence-corrected chi connectivity index (χ3v) is 3.05. The summed E-state index contributed by atoms with van der Waals surface area (Å²) in [5, 5.41) is 2.82. The maximum atomic E-state index is 11.5. The first kappa shape index (κ1) is 13.4. The van der Waals surface area contributed by atoms with E-state index in [2.05, 4.69) is 10.2 Å². The van der Waals surface area contributed by atoms with Crippen LogP contribution >= 0.6 is 0 Å². The van der Waals surface area contributed by atoms with E-state index in [1.54, 1.807) is 7.11 Å². The van der Waals surface area contributed by atoms with Crippen LogP contribution in [0.2, 0.25) is 0 Å². The van der Waals surface area contributed by atoms with Crippen LogP contribution in [0.3, 0.4) is 0 Å². The first-order valence-electron chi connectivity index (χ1n) is 5.87. The van der Waals surface area contributed by atoms with Crippen LogP contribution in [0.1, 0.15) is 13.3 Å². The minimum absolute atomic E-state index is 0.0716. The van der Waals surface area contributed by atoms with Crippen molar-refractivity contribution in [2.45, 2.75) is 19.4 Å². The van der Waals surface area contributed by atoms with E-state index in [0.717, 1.165) is 19.5 Å². The van der Waals surface area contributed by atoms with Crippen molar-refractivity contribution in [1.29, 1.82) is 0 Å². The third kappa shape index (κ3) is 4.47. The number of nitrogens with two attached hydrogens (primary N) is 1. The molecule has 0 radical (unpaired) electrons. The van der Waals surface area contributed by atoms with Gasteiger partial charge in [0, 0.05) is 26.2 Å². The standard InChI is InChI=1S/C11H23N3O2/c1-9(12)10-3-5-14(7-10)8-11(15)13-4-6-16-2/h9-10H,3-8,12H2,1-2H3,(H,13,15). The molecule has 0 bridgehead atoms. The molecule has 1 fully saturated rings. The highest BCUT2D eigenvalue weighted by atomic mass is 16.5. The highest BCUT2D eigenvalue weighted by Crippen LogP contribution is 2.17. The molecule has 94 valence electrons. The quantitative estimate of drug-likeness (QED) is 0.598. The molecule has 1 saturated heterocycles. The molecule has 0 saturated carbocycles. The van der Waals surface area contributed by atoms with Gasteiger partial charge in [-0.3, -0.25) is 9.69 Å². The number of hydrogen-bond donors (Lipinski definition) is 2. The van der Waals surface area contributed by atoms with E-state index in [0.29, 0.717) is 25.6 Å². The topological polar surface area (TPSA) is 67.6 Å². The molecule has 3 N–H and O–H groups in total. The zero-order valence-corrected chi connectivity index (χ0v) is 10.2. The Morgan fingerprint density at radius 2 is 2.44 bits per heavy atom. The predicted octanol–water partition coefficient (Wildman–Crippen LogP) is -0.582. The van der Waals surface area contributed by atoms with Crippen LogP contribution in [0.15, 0.2) is 0 Å². The lowest BCUT2D eigenvalue weighted by Gasteiger charge is -2.17. The van der Waals surface area contributed by atoms with Crippen LogP contribution in [0.25, 0.3) is 0 Å². The number of nitrogens with zero attached hydrogens (tertiary/aromatic N) is 1. The van der Waals surface area contributed by atoms with Gasteiger partial charge in [0.1, 0.15) is 0 Å². The molecule has 0 aromatic heterocycles. The van der Waals surface area contributed by atoms with Crippen LogP contribution < -0.4 is 11.1 Å². The van der Waals surface area contributed by atoms with Gasteiger partial charge in [-0.1, -0.05) is 0 Å². The number of likely N-dealkylation sites (tertiary alicyclic amines) is 1. The zero-order valence-electron chi connectivity index (χ0n) is 10.2. The van der Waals surface area contributed by atoms with Crippen LogP contribution in [0.5, 0.6) is 0 Å². The van der Waals surface area contributed by atoms with Crippen molar-refractivity contribution in [2.24, 2.45) is 11.7 Å². The number of carbonyl (C=O) groups is 1. The molecule has 0 aromatic rings. The van der Waals surface area contributed by atoms with Crippen molar-refractivity contribution >= 4 is 5.91 Å². The lowest BCUT2D eigenvalue weighted by molar-refractivity contribution is -0.122. The Morgan fingerprint density at radius 3 is 3.00 bits per heavy atom. The van der Waals surface area contributed by atoms with Gasteiger partial charge in [-0.05, 0) is 25.8 Å². The maximum absolute atomic E-state index is 11.5. The van der Waals surface area contributed by atoms with E-state index in [4.69, 9.17) is 10.5 Å². The number of amides is 1. The molecule has 2 atom stereocenters. The molecule has 0 spiro atoms. The zero-order chi connectivity index (χ0) is 12.0. The molecule has 0 aliphatic carbocycles. The molecule has 16 heavy (non-hydrogen) atoms. The van der Waals surface area contributed by atoms with Crippen molar-refractivity contribution < 1.29 is 9.53 Å². The van der Waals surface area contributed by atoms with E-state index < -0.39 is 0 Å². The molecule has 1 heterocycles. The van der Waals surface area contributed by atoms with Crippen molar-refractivity contribution in [3.05, 3.63) is 0 Å². The SMILES string of the molecule is COCCNC(=O)CN1CCC(C(C)N)C1. The monoisotopic (exact) mass is 229 g/mol. The summed E-state index contributed by atoms with van der Waals surface area (Å²) in [5.74, 6) is 0.606. The van der Waals surface area contributed by atoms with Gasteiger partial charge in [-0.2, -0.15) is 0 Å². The highest BCUT2D eigenvalue weighted by molar-refractivity contribution is 5.78. The Hall–Kier alpha value is -0.650. The summed E-state index contributed by atoms with van der Waals surface area (Å²) < 4.78 is 4.87. The molecule has 1 rings (SSSR count). The molecule has 5 heteroatoms. The largest absolute Gasteiger partial charge is 0.383 e. The van der Waals surface area contributed by atoms with Crippen molar-refractivity contribution in [3.8, 4) is 0 Å². The molecular formula is C11H23N3O2. The minimum Gasteiger partial charge on any atom is -0.383 e. The Balaban J connectivity index is 2.16. The van der Waals surface area contributed by atoms with E-state index >= 15 is 0 Å². The first-order chi connectivity index (χ1) is 7.63. The summed E-state index contributed by atoms with van der Waals surface area (Å²) in [6.07, 6.45) is 1.10. The summed E-state index contributed by atoms with van der Waals surface area (Å²) in [5.41, 5.74) is 5.85. The molecule has 5 nitrogen and oxygen atoms in total. The van der Waals surface area contributed by atoms with Crippen molar-refractivity contribution in [3.63, 3.8) is 0 Å². The fraction of sp³-hybridized carbons (Fsp3) is 0.909. The van der Waals surface area contributed by atoms with E-state index in [1.165, 1.54) is 0 Å². The van der Waals surface area contributed by atoms with Crippen LogP contribution in [0.4, 0.5) is 0 Å². The lowest BCUT2D eigenvalue weighted by atomic mass is 10.0. The Labute approximate surface area is 97.3 Å². The fourth-order valence-electron chi connectivity index (χ4n) is 1.99. The number of carbonyl (C=O) groups excluding carboxylic acids is 1. The van der Waals surface area contributed by atoms with E-state index in [9.17, 15) is 4.79 Å². The second kappa shape index (κ2) is 6.83. The summed E-state index contributed by atoms with van der Waals surface area (Å²) in [6, 6.07) is 0.224. The predicted molar refractivity (Wildman–Crippen MR) is 63.1 cm³/mol. The van der Waals surface area contributed by atoms with Crippen molar-refractivity contribution in [2.75, 3.05) is 39.9 Å². The van der Waals surface area contributed by atoms with E-state index in [1.807, 2.05) is 6.92 Å². The number of hydrogen-bond acceptors (Lipinski definition) is 4. The molecule has 1 aliphatic heterocycles. The van der Waals surface area contributed by atoms with Crippen LogP contribution in [-0.4, -0.2) is 56.7 Å². The van der Waals surface area contributed by atoms with Gasteiger partial charge in [-0.15, -0.1) is 0 Å². The third-order valence-electron chi connectivity index (χ3n) is 3.05. The summed E-state index contributed by atoms with van der Waals surface area (Å²) >= 11 is 0. The lowest BCUT2D eigenvalue weighted by Crippen LogP contribution is -2.38. The van der Waals surface area contributed by atoms with Crippen molar-refractivity contribution in [1.82, 2.24) is 10.2 Å². The number of nitrogens with one attached hydrogen (secondary N) is 1. The normalized spacial score (nSPS) is 23.3. The summed E-state index contributed by atoms with van der Waals surface area (Å²) in [6.45, 7) is 5.58. The van der Waals surface area contributed by atoms with Crippen LogP contribution in [-0.2, 0) is 9.53 Å². The minimum atomic E-state index is 0.0716. The average Bonchev–Trinajstić information content (AvgIpc) is 2.66. The van der Waals surface area contributed by atoms with E-state index in [-0.39, 0.29) is 11.9 Å². The second-order valence-electron chi connectivity index (χ2n) is 4.49. The van der Waals surface area contributed by atoms with Gasteiger partial charge in [0.05, 0.1) is 13.2 Å². The summed E-state index contributed by atoms with van der Waals surface area (Å²) in [4.78, 5) is 13.7. The number of ether oxygens (including phenoxy) is 1. The van der Waals surface area contributed by atoms with Gasteiger partial charge >= 0.3 is 0 Å². The van der Waals surface area contributed by atoms with Gasteiger partial charge in [-0.25, -0.2) is 0 Å². The van der Waals surface area contributed by atoms with Crippen LogP contribution in [0, 0.1) is 5.92 Å². The Kier molecular flexibility index (Phi) is 5.73. The molecule has 2 unspecified atom stereocenters. The highest BCUT2D eigenvalue weighted by Gasteiger charge is 2.26. The second-order valence-corrected chi connectivity index (χ2v) is 4.49. The Bertz CT molecular complexity index is 221. The smallest absolute Gasteiger partial charge is 0.234 e. The molecule has 1 aliphatic rings.